The Morgan fingerprint density at radius 1 is 1.12 bits per heavy atom. The summed E-state index contributed by atoms with van der Waals surface area (Å²) in [6, 6.07) is 1.92. The number of hydrogen-bond acceptors (Lipinski definition) is 6. The molecule has 136 valence electrons. The van der Waals surface area contributed by atoms with Gasteiger partial charge in [0.1, 0.15) is 5.82 Å². The highest BCUT2D eigenvalue weighted by Crippen LogP contribution is 2.21. The van der Waals surface area contributed by atoms with Gasteiger partial charge in [0.2, 0.25) is 17.8 Å². The molecule has 0 radical (unpaired) electrons. The summed E-state index contributed by atoms with van der Waals surface area (Å²) in [4.78, 5) is 38.6. The Morgan fingerprint density at radius 3 is 2.48 bits per heavy atom. The molecule has 1 unspecified atom stereocenters. The van der Waals surface area contributed by atoms with Gasteiger partial charge in [-0.3, -0.25) is 9.59 Å². The van der Waals surface area contributed by atoms with Gasteiger partial charge in [0.15, 0.2) is 0 Å². The minimum absolute atomic E-state index is 0.0547. The Labute approximate surface area is 148 Å². The molecule has 3 heterocycles. The van der Waals surface area contributed by atoms with Crippen LogP contribution in [0.25, 0.3) is 0 Å². The lowest BCUT2D eigenvalue weighted by Gasteiger charge is -2.39. The fourth-order valence-corrected chi connectivity index (χ4v) is 3.62. The second-order valence-corrected chi connectivity index (χ2v) is 6.84. The number of nitrogen functional groups attached to an aromatic ring is 1. The van der Waals surface area contributed by atoms with E-state index in [2.05, 4.69) is 14.9 Å². The molecule has 2 saturated heterocycles. The number of likely N-dealkylation sites (tertiary alicyclic amines) is 1. The molecule has 1 aromatic heterocycles. The van der Waals surface area contributed by atoms with Gasteiger partial charge < -0.3 is 20.4 Å². The number of carbonyl (C=O) groups is 2. The summed E-state index contributed by atoms with van der Waals surface area (Å²) in [5.41, 5.74) is 6.57. The van der Waals surface area contributed by atoms with Crippen molar-refractivity contribution < 1.29 is 9.59 Å². The number of piperazine rings is 1. The molecule has 2 amide bonds. The zero-order valence-electron chi connectivity index (χ0n) is 14.9. The summed E-state index contributed by atoms with van der Waals surface area (Å²) in [6.07, 6.45) is 1.76. The minimum Gasteiger partial charge on any atom is -0.368 e. The summed E-state index contributed by atoms with van der Waals surface area (Å²) in [7, 11) is 0. The van der Waals surface area contributed by atoms with E-state index in [0.29, 0.717) is 19.6 Å². The van der Waals surface area contributed by atoms with Crippen LogP contribution < -0.4 is 10.6 Å². The quantitative estimate of drug-likeness (QED) is 0.826. The number of aryl methyl sites for hydroxylation is 1. The Hall–Kier alpha value is -2.38. The normalized spacial score (nSPS) is 21.4. The standard InChI is InChI=1S/C17H26N6O2/c1-12-10-15(20-17(18)19-12)21-6-8-22(9-7-21)16(25)14-4-3-5-23(11-14)13(2)24/h10,14H,3-9,11H2,1-2H3,(H2,18,19,20). The van der Waals surface area contributed by atoms with Crippen molar-refractivity contribution in [3.05, 3.63) is 11.8 Å². The molecule has 8 nitrogen and oxygen atoms in total. The molecule has 0 saturated carbocycles. The number of carbonyl (C=O) groups excluding carboxylic acids is 2. The van der Waals surface area contributed by atoms with E-state index in [-0.39, 0.29) is 23.7 Å². The van der Waals surface area contributed by atoms with Crippen LogP contribution in [0.5, 0.6) is 0 Å². The molecular weight excluding hydrogens is 320 g/mol. The Balaban J connectivity index is 1.58. The SMILES string of the molecule is CC(=O)N1CCCC(C(=O)N2CCN(c3cc(C)nc(N)n3)CC2)C1. The number of nitrogens with zero attached hydrogens (tertiary/aromatic N) is 5. The van der Waals surface area contributed by atoms with Crippen molar-refractivity contribution in [2.45, 2.75) is 26.7 Å². The van der Waals surface area contributed by atoms with Crippen molar-refractivity contribution in [3.63, 3.8) is 0 Å². The monoisotopic (exact) mass is 346 g/mol. The Bertz CT molecular complexity index is 636. The Kier molecular flexibility index (Phi) is 5.06. The first kappa shape index (κ1) is 17.4. The van der Waals surface area contributed by atoms with E-state index in [0.717, 1.165) is 44.0 Å². The molecule has 3 rings (SSSR count). The van der Waals surface area contributed by atoms with Gasteiger partial charge in [-0.05, 0) is 19.8 Å². The van der Waals surface area contributed by atoms with Crippen LogP contribution in [0, 0.1) is 12.8 Å². The third-order valence-corrected chi connectivity index (χ3v) is 4.99. The minimum atomic E-state index is -0.0684. The van der Waals surface area contributed by atoms with Crippen LogP contribution in [0.4, 0.5) is 11.8 Å². The van der Waals surface area contributed by atoms with E-state index in [1.54, 1.807) is 11.8 Å². The highest BCUT2D eigenvalue weighted by atomic mass is 16.2. The van der Waals surface area contributed by atoms with Crippen LogP contribution in [0.2, 0.25) is 0 Å². The maximum absolute atomic E-state index is 12.8. The van der Waals surface area contributed by atoms with E-state index >= 15 is 0 Å². The van der Waals surface area contributed by atoms with Crippen LogP contribution in [-0.2, 0) is 9.59 Å². The molecule has 0 aliphatic carbocycles. The van der Waals surface area contributed by atoms with Crippen molar-refractivity contribution in [2.75, 3.05) is 49.9 Å². The summed E-state index contributed by atoms with van der Waals surface area (Å²) >= 11 is 0. The van der Waals surface area contributed by atoms with Gasteiger partial charge in [0.25, 0.3) is 0 Å². The molecule has 0 spiro atoms. The first-order valence-electron chi connectivity index (χ1n) is 8.84. The fourth-order valence-electron chi connectivity index (χ4n) is 3.62. The maximum atomic E-state index is 12.8. The summed E-state index contributed by atoms with van der Waals surface area (Å²) in [5, 5.41) is 0. The number of piperidine rings is 1. The molecule has 2 fully saturated rings. The van der Waals surface area contributed by atoms with Crippen LogP contribution in [0.1, 0.15) is 25.5 Å². The smallest absolute Gasteiger partial charge is 0.227 e. The highest BCUT2D eigenvalue weighted by molar-refractivity contribution is 5.81. The number of nitrogens with two attached hydrogens (primary N) is 1. The lowest BCUT2D eigenvalue weighted by atomic mass is 9.96. The van der Waals surface area contributed by atoms with Gasteiger partial charge in [-0.2, -0.15) is 4.98 Å². The van der Waals surface area contributed by atoms with Crippen molar-refractivity contribution in [1.29, 1.82) is 0 Å². The second-order valence-electron chi connectivity index (χ2n) is 6.84. The van der Waals surface area contributed by atoms with Crippen molar-refractivity contribution in [1.82, 2.24) is 19.8 Å². The molecule has 1 atom stereocenters. The summed E-state index contributed by atoms with van der Waals surface area (Å²) < 4.78 is 0. The van der Waals surface area contributed by atoms with Crippen molar-refractivity contribution in [2.24, 2.45) is 5.92 Å². The number of anilines is 2. The molecule has 8 heteroatoms. The molecule has 0 bridgehead atoms. The first-order valence-corrected chi connectivity index (χ1v) is 8.84. The van der Waals surface area contributed by atoms with Crippen molar-refractivity contribution in [3.8, 4) is 0 Å². The van der Waals surface area contributed by atoms with Gasteiger partial charge >= 0.3 is 0 Å². The molecule has 25 heavy (non-hydrogen) atoms. The van der Waals surface area contributed by atoms with Crippen molar-refractivity contribution >= 4 is 23.6 Å². The number of aromatic nitrogens is 2. The fraction of sp³-hybridized carbons (Fsp3) is 0.647. The third kappa shape index (κ3) is 4.00. The molecule has 2 aliphatic heterocycles. The Morgan fingerprint density at radius 2 is 1.84 bits per heavy atom. The average Bonchev–Trinajstić information content (AvgIpc) is 2.60. The molecule has 2 aliphatic rings. The molecule has 0 aromatic carbocycles. The third-order valence-electron chi connectivity index (χ3n) is 4.99. The van der Waals surface area contributed by atoms with Crippen LogP contribution in [0.15, 0.2) is 6.07 Å². The highest BCUT2D eigenvalue weighted by Gasteiger charge is 2.32. The van der Waals surface area contributed by atoms with E-state index in [9.17, 15) is 9.59 Å². The maximum Gasteiger partial charge on any atom is 0.227 e. The zero-order chi connectivity index (χ0) is 18.0. The van der Waals surface area contributed by atoms with Gasteiger partial charge in [0, 0.05) is 58.0 Å². The molecular formula is C17H26N6O2. The van der Waals surface area contributed by atoms with E-state index in [4.69, 9.17) is 5.73 Å². The second kappa shape index (κ2) is 7.25. The predicted molar refractivity (Wildman–Crippen MR) is 95.0 cm³/mol. The molecule has 1 aromatic rings. The van der Waals surface area contributed by atoms with E-state index in [1.807, 2.05) is 17.9 Å². The van der Waals surface area contributed by atoms with Gasteiger partial charge in [-0.25, -0.2) is 4.98 Å². The van der Waals surface area contributed by atoms with Gasteiger partial charge in [-0.1, -0.05) is 0 Å². The van der Waals surface area contributed by atoms with Crippen LogP contribution in [0.3, 0.4) is 0 Å². The largest absolute Gasteiger partial charge is 0.368 e. The lowest BCUT2D eigenvalue weighted by molar-refractivity contribution is -0.140. The predicted octanol–water partition coefficient (Wildman–Crippen LogP) is 0.274. The summed E-state index contributed by atoms with van der Waals surface area (Å²) in [6.45, 7) is 7.57. The van der Waals surface area contributed by atoms with Gasteiger partial charge in [-0.15, -0.1) is 0 Å². The summed E-state index contributed by atoms with van der Waals surface area (Å²) in [5.74, 6) is 1.25. The van der Waals surface area contributed by atoms with Crippen LogP contribution in [-0.4, -0.2) is 70.9 Å². The van der Waals surface area contributed by atoms with E-state index in [1.165, 1.54) is 0 Å². The van der Waals surface area contributed by atoms with Gasteiger partial charge in [0.05, 0.1) is 5.92 Å². The van der Waals surface area contributed by atoms with E-state index < -0.39 is 0 Å². The number of rotatable bonds is 2. The number of amides is 2. The first-order chi connectivity index (χ1) is 11.9. The topological polar surface area (TPSA) is 95.7 Å². The lowest BCUT2D eigenvalue weighted by Crippen LogP contribution is -2.53. The molecule has 2 N–H and O–H groups in total. The number of hydrogen-bond donors (Lipinski definition) is 1. The average molecular weight is 346 g/mol. The zero-order valence-corrected chi connectivity index (χ0v) is 14.9. The van der Waals surface area contributed by atoms with Crippen LogP contribution >= 0.6 is 0 Å².